The van der Waals surface area contributed by atoms with Crippen LogP contribution in [-0.4, -0.2) is 17.0 Å². The van der Waals surface area contributed by atoms with Crippen molar-refractivity contribution in [2.24, 2.45) is 0 Å². The van der Waals surface area contributed by atoms with E-state index < -0.39 is 11.9 Å². The zero-order chi connectivity index (χ0) is 16.7. The van der Waals surface area contributed by atoms with Crippen molar-refractivity contribution in [2.45, 2.75) is 32.1 Å². The summed E-state index contributed by atoms with van der Waals surface area (Å²) in [6.07, 6.45) is 1.99. The predicted molar refractivity (Wildman–Crippen MR) is 90.5 cm³/mol. The van der Waals surface area contributed by atoms with Gasteiger partial charge in [0.25, 0.3) is 0 Å². The third-order valence-corrected chi connectivity index (χ3v) is 3.67. The second kappa shape index (κ2) is 8.13. The van der Waals surface area contributed by atoms with Gasteiger partial charge in [-0.15, -0.1) is 0 Å². The average molecular weight is 311 g/mol. The standard InChI is InChI=1S/C19H21NO3/c1-2-6-14-9-11-16(12-10-14)20-18(21)13-17(19(22)23)15-7-4-3-5-8-15/h3-5,7-12,17H,2,6,13H2,1H3,(H,20,21)(H,22,23). The summed E-state index contributed by atoms with van der Waals surface area (Å²) in [6, 6.07) is 16.5. The van der Waals surface area contributed by atoms with E-state index in [0.29, 0.717) is 11.3 Å². The van der Waals surface area contributed by atoms with Crippen LogP contribution in [0.15, 0.2) is 54.6 Å². The van der Waals surface area contributed by atoms with Crippen LogP contribution in [0.25, 0.3) is 0 Å². The van der Waals surface area contributed by atoms with Gasteiger partial charge < -0.3 is 10.4 Å². The summed E-state index contributed by atoms with van der Waals surface area (Å²) in [5.41, 5.74) is 2.54. The lowest BCUT2D eigenvalue weighted by atomic mass is 9.95. The van der Waals surface area contributed by atoms with Crippen LogP contribution in [0.5, 0.6) is 0 Å². The van der Waals surface area contributed by atoms with Gasteiger partial charge in [0.15, 0.2) is 0 Å². The molecule has 0 saturated heterocycles. The summed E-state index contributed by atoms with van der Waals surface area (Å²) in [7, 11) is 0. The molecule has 0 saturated carbocycles. The SMILES string of the molecule is CCCc1ccc(NC(=O)CC(C(=O)O)c2ccccc2)cc1. The fourth-order valence-corrected chi connectivity index (χ4v) is 2.47. The Morgan fingerprint density at radius 3 is 2.26 bits per heavy atom. The number of aliphatic carboxylic acids is 1. The number of amides is 1. The molecular weight excluding hydrogens is 290 g/mol. The van der Waals surface area contributed by atoms with Gasteiger partial charge in [-0.25, -0.2) is 0 Å². The van der Waals surface area contributed by atoms with Crippen LogP contribution in [0.3, 0.4) is 0 Å². The Kier molecular flexibility index (Phi) is 5.92. The molecule has 2 N–H and O–H groups in total. The van der Waals surface area contributed by atoms with Crippen LogP contribution in [0.1, 0.15) is 36.8 Å². The molecule has 0 aliphatic heterocycles. The summed E-state index contributed by atoms with van der Waals surface area (Å²) < 4.78 is 0. The Morgan fingerprint density at radius 2 is 1.70 bits per heavy atom. The van der Waals surface area contributed by atoms with Crippen molar-refractivity contribution in [2.75, 3.05) is 5.32 Å². The summed E-state index contributed by atoms with van der Waals surface area (Å²) in [4.78, 5) is 23.6. The van der Waals surface area contributed by atoms with Gasteiger partial charge in [0.2, 0.25) is 5.91 Å². The molecule has 4 heteroatoms. The molecule has 2 rings (SSSR count). The van der Waals surface area contributed by atoms with Gasteiger partial charge in [-0.2, -0.15) is 0 Å². The maximum atomic E-state index is 12.1. The first kappa shape index (κ1) is 16.7. The molecule has 0 heterocycles. The van der Waals surface area contributed by atoms with Gasteiger partial charge in [-0.05, 0) is 29.7 Å². The average Bonchev–Trinajstić information content (AvgIpc) is 2.55. The molecule has 0 radical (unpaired) electrons. The Hall–Kier alpha value is -2.62. The summed E-state index contributed by atoms with van der Waals surface area (Å²) in [6.45, 7) is 2.12. The lowest BCUT2D eigenvalue weighted by molar-refractivity contribution is -0.140. The van der Waals surface area contributed by atoms with Gasteiger partial charge in [0, 0.05) is 12.1 Å². The lowest BCUT2D eigenvalue weighted by Crippen LogP contribution is -2.20. The van der Waals surface area contributed by atoms with Crippen LogP contribution < -0.4 is 5.32 Å². The molecule has 1 atom stereocenters. The second-order valence-corrected chi connectivity index (χ2v) is 5.50. The molecule has 23 heavy (non-hydrogen) atoms. The maximum absolute atomic E-state index is 12.1. The second-order valence-electron chi connectivity index (χ2n) is 5.50. The van der Waals surface area contributed by atoms with Crippen LogP contribution >= 0.6 is 0 Å². The number of carboxylic acids is 1. The Bertz CT molecular complexity index is 650. The normalized spacial score (nSPS) is 11.7. The first-order valence-electron chi connectivity index (χ1n) is 7.76. The number of hydrogen-bond acceptors (Lipinski definition) is 2. The van der Waals surface area contributed by atoms with Crippen molar-refractivity contribution in [1.29, 1.82) is 0 Å². The number of anilines is 1. The number of aryl methyl sites for hydroxylation is 1. The highest BCUT2D eigenvalue weighted by Crippen LogP contribution is 2.21. The van der Waals surface area contributed by atoms with Crippen LogP contribution in [0, 0.1) is 0 Å². The molecule has 2 aromatic rings. The monoisotopic (exact) mass is 311 g/mol. The van der Waals surface area contributed by atoms with Crippen LogP contribution in [-0.2, 0) is 16.0 Å². The van der Waals surface area contributed by atoms with E-state index in [2.05, 4.69) is 12.2 Å². The highest BCUT2D eigenvalue weighted by atomic mass is 16.4. The minimum Gasteiger partial charge on any atom is -0.481 e. The maximum Gasteiger partial charge on any atom is 0.311 e. The van der Waals surface area contributed by atoms with Crippen molar-refractivity contribution in [1.82, 2.24) is 0 Å². The van der Waals surface area contributed by atoms with Crippen molar-refractivity contribution in [3.8, 4) is 0 Å². The third kappa shape index (κ3) is 4.95. The van der Waals surface area contributed by atoms with E-state index in [1.807, 2.05) is 30.3 Å². The van der Waals surface area contributed by atoms with Crippen LogP contribution in [0.4, 0.5) is 5.69 Å². The molecule has 1 amide bonds. The molecule has 120 valence electrons. The molecule has 0 fully saturated rings. The van der Waals surface area contributed by atoms with Crippen molar-refractivity contribution in [3.05, 3.63) is 65.7 Å². The number of carbonyl (C=O) groups excluding carboxylic acids is 1. The Balaban J connectivity index is 2.00. The zero-order valence-electron chi connectivity index (χ0n) is 13.2. The van der Waals surface area contributed by atoms with Gasteiger partial charge in [-0.3, -0.25) is 9.59 Å². The minimum absolute atomic E-state index is 0.0872. The Labute approximate surface area is 136 Å². The smallest absolute Gasteiger partial charge is 0.311 e. The Morgan fingerprint density at radius 1 is 1.04 bits per heavy atom. The number of carboxylic acid groups (broad SMARTS) is 1. The van der Waals surface area contributed by atoms with E-state index >= 15 is 0 Å². The quantitative estimate of drug-likeness (QED) is 0.816. The largest absolute Gasteiger partial charge is 0.481 e. The predicted octanol–water partition coefficient (Wildman–Crippen LogP) is 3.84. The molecule has 0 bridgehead atoms. The van der Waals surface area contributed by atoms with Crippen LogP contribution in [0.2, 0.25) is 0 Å². The molecule has 0 spiro atoms. The molecule has 2 aromatic carbocycles. The first-order chi connectivity index (χ1) is 11.1. The number of rotatable bonds is 7. The number of nitrogens with one attached hydrogen (secondary N) is 1. The molecule has 1 unspecified atom stereocenters. The van der Waals surface area contributed by atoms with Gasteiger partial charge >= 0.3 is 5.97 Å². The summed E-state index contributed by atoms with van der Waals surface area (Å²) >= 11 is 0. The van der Waals surface area contributed by atoms with Gasteiger partial charge in [0.1, 0.15) is 0 Å². The molecule has 4 nitrogen and oxygen atoms in total. The summed E-state index contributed by atoms with van der Waals surface area (Å²) in [5, 5.41) is 12.1. The number of carbonyl (C=O) groups is 2. The molecular formula is C19H21NO3. The number of benzene rings is 2. The lowest BCUT2D eigenvalue weighted by Gasteiger charge is -2.13. The van der Waals surface area contributed by atoms with Gasteiger partial charge in [-0.1, -0.05) is 55.8 Å². The van der Waals surface area contributed by atoms with E-state index in [1.165, 1.54) is 5.56 Å². The third-order valence-electron chi connectivity index (χ3n) is 3.67. The molecule has 0 aromatic heterocycles. The highest BCUT2D eigenvalue weighted by Gasteiger charge is 2.23. The summed E-state index contributed by atoms with van der Waals surface area (Å²) in [5.74, 6) is -2.13. The first-order valence-corrected chi connectivity index (χ1v) is 7.76. The van der Waals surface area contributed by atoms with E-state index in [1.54, 1.807) is 24.3 Å². The molecule has 0 aliphatic carbocycles. The van der Waals surface area contributed by atoms with E-state index in [9.17, 15) is 14.7 Å². The minimum atomic E-state index is -0.996. The molecule has 0 aliphatic rings. The topological polar surface area (TPSA) is 66.4 Å². The van der Waals surface area contributed by atoms with Crippen molar-refractivity contribution in [3.63, 3.8) is 0 Å². The highest BCUT2D eigenvalue weighted by molar-refractivity contribution is 5.94. The zero-order valence-corrected chi connectivity index (χ0v) is 13.2. The van der Waals surface area contributed by atoms with E-state index in [0.717, 1.165) is 12.8 Å². The fourth-order valence-electron chi connectivity index (χ4n) is 2.47. The van der Waals surface area contributed by atoms with Gasteiger partial charge in [0.05, 0.1) is 5.92 Å². The van der Waals surface area contributed by atoms with E-state index in [-0.39, 0.29) is 12.3 Å². The van der Waals surface area contributed by atoms with Crippen molar-refractivity contribution < 1.29 is 14.7 Å². The fraction of sp³-hybridized carbons (Fsp3) is 0.263. The number of hydrogen-bond donors (Lipinski definition) is 2. The van der Waals surface area contributed by atoms with E-state index in [4.69, 9.17) is 0 Å². The van der Waals surface area contributed by atoms with Crippen molar-refractivity contribution >= 4 is 17.6 Å².